The monoisotopic (exact) mass is 361 g/mol. The maximum absolute atomic E-state index is 12.0. The van der Waals surface area contributed by atoms with Crippen molar-refractivity contribution in [1.29, 1.82) is 0 Å². The molecule has 2 rings (SSSR count). The van der Waals surface area contributed by atoms with Crippen LogP contribution in [0.2, 0.25) is 0 Å². The fourth-order valence-corrected chi connectivity index (χ4v) is 2.52. The van der Waals surface area contributed by atoms with Crippen molar-refractivity contribution in [1.82, 2.24) is 15.5 Å². The quantitative estimate of drug-likeness (QED) is 0.661. The lowest BCUT2D eigenvalue weighted by Crippen LogP contribution is -2.37. The summed E-state index contributed by atoms with van der Waals surface area (Å²) in [6.45, 7) is 2.52. The number of nitrogens with one attached hydrogen (secondary N) is 1. The molecular formula is C19H27N3O4. The molecule has 7 heteroatoms. The lowest BCUT2D eigenvalue weighted by Gasteiger charge is -2.15. The Kier molecular flexibility index (Phi) is 8.08. The van der Waals surface area contributed by atoms with Gasteiger partial charge in [-0.25, -0.2) is 0 Å². The largest absolute Gasteiger partial charge is 0.497 e. The summed E-state index contributed by atoms with van der Waals surface area (Å²) >= 11 is 0. The molecule has 0 spiro atoms. The van der Waals surface area contributed by atoms with Gasteiger partial charge in [-0.15, -0.1) is 10.2 Å². The van der Waals surface area contributed by atoms with Crippen molar-refractivity contribution in [2.45, 2.75) is 45.1 Å². The van der Waals surface area contributed by atoms with E-state index < -0.39 is 0 Å². The number of rotatable bonds is 11. The number of benzene rings is 1. The normalized spacial score (nSPS) is 12.0. The molecule has 1 amide bonds. The lowest BCUT2D eigenvalue weighted by molar-refractivity contribution is -0.122. The molecule has 0 saturated heterocycles. The Balaban J connectivity index is 1.75. The molecule has 7 nitrogen and oxygen atoms in total. The zero-order valence-electron chi connectivity index (χ0n) is 15.7. The van der Waals surface area contributed by atoms with E-state index in [9.17, 15) is 4.79 Å². The minimum Gasteiger partial charge on any atom is -0.497 e. The summed E-state index contributed by atoms with van der Waals surface area (Å²) < 4.78 is 15.8. The summed E-state index contributed by atoms with van der Waals surface area (Å²) in [4.78, 5) is 12.0. The Morgan fingerprint density at radius 1 is 1.12 bits per heavy atom. The van der Waals surface area contributed by atoms with Gasteiger partial charge in [0, 0.05) is 26.4 Å². The number of ether oxygens (including phenoxy) is 2. The Bertz CT molecular complexity index is 670. The van der Waals surface area contributed by atoms with Crippen LogP contribution in [-0.4, -0.2) is 43.0 Å². The van der Waals surface area contributed by atoms with E-state index in [4.69, 9.17) is 13.9 Å². The highest BCUT2D eigenvalue weighted by atomic mass is 16.5. The highest BCUT2D eigenvalue weighted by molar-refractivity contribution is 5.76. The highest BCUT2D eigenvalue weighted by Crippen LogP contribution is 2.13. The maximum Gasteiger partial charge on any atom is 0.220 e. The van der Waals surface area contributed by atoms with E-state index in [-0.39, 0.29) is 11.9 Å². The van der Waals surface area contributed by atoms with Crippen LogP contribution in [0, 0.1) is 0 Å². The molecule has 0 saturated carbocycles. The van der Waals surface area contributed by atoms with Crippen molar-refractivity contribution in [3.63, 3.8) is 0 Å². The van der Waals surface area contributed by atoms with Gasteiger partial charge in [0.25, 0.3) is 0 Å². The number of methoxy groups -OCH3 is 2. The molecule has 0 bridgehead atoms. The third-order valence-electron chi connectivity index (χ3n) is 4.09. The molecule has 1 aromatic heterocycles. The van der Waals surface area contributed by atoms with Gasteiger partial charge in [-0.3, -0.25) is 4.79 Å². The summed E-state index contributed by atoms with van der Waals surface area (Å²) in [5.41, 5.74) is 1.17. The first kappa shape index (κ1) is 19.9. The maximum atomic E-state index is 12.0. The molecule has 1 atom stereocenters. The molecule has 0 aliphatic rings. The fraction of sp³-hybridized carbons (Fsp3) is 0.526. The van der Waals surface area contributed by atoms with Gasteiger partial charge >= 0.3 is 0 Å². The molecule has 0 unspecified atom stereocenters. The van der Waals surface area contributed by atoms with Crippen LogP contribution in [0.3, 0.4) is 0 Å². The van der Waals surface area contributed by atoms with E-state index >= 15 is 0 Å². The minimum absolute atomic E-state index is 0.0353. The zero-order chi connectivity index (χ0) is 18.8. The summed E-state index contributed by atoms with van der Waals surface area (Å²) in [5.74, 6) is 1.88. The molecule has 0 radical (unpaired) electrons. The molecule has 1 aromatic carbocycles. The van der Waals surface area contributed by atoms with Crippen LogP contribution < -0.4 is 10.1 Å². The van der Waals surface area contributed by atoms with E-state index in [2.05, 4.69) is 15.5 Å². The van der Waals surface area contributed by atoms with E-state index in [1.165, 1.54) is 5.56 Å². The third-order valence-corrected chi connectivity index (χ3v) is 4.09. The van der Waals surface area contributed by atoms with Crippen molar-refractivity contribution in [2.75, 3.05) is 20.8 Å². The standard InChI is InChI=1S/C19H27N3O4/c1-4-15(13-24-2)20-17(23)10-12-19-22-21-18(26-19)11-7-14-5-8-16(25-3)9-6-14/h5-6,8-9,15H,4,7,10-13H2,1-3H3,(H,20,23)/t15-/m1/s1. The van der Waals surface area contributed by atoms with Crippen molar-refractivity contribution >= 4 is 5.91 Å². The molecule has 142 valence electrons. The SMILES string of the molecule is CC[C@H](COC)NC(=O)CCc1nnc(CCc2ccc(OC)cc2)o1. The third kappa shape index (κ3) is 6.48. The number of aryl methyl sites for hydroxylation is 3. The molecule has 0 aliphatic heterocycles. The zero-order valence-corrected chi connectivity index (χ0v) is 15.7. The van der Waals surface area contributed by atoms with Gasteiger partial charge in [-0.1, -0.05) is 19.1 Å². The Morgan fingerprint density at radius 3 is 2.42 bits per heavy atom. The van der Waals surface area contributed by atoms with Crippen LogP contribution >= 0.6 is 0 Å². The van der Waals surface area contributed by atoms with Gasteiger partial charge in [0.15, 0.2) is 0 Å². The molecule has 0 aliphatic carbocycles. The van der Waals surface area contributed by atoms with Crippen molar-refractivity contribution in [2.24, 2.45) is 0 Å². The number of carbonyl (C=O) groups is 1. The van der Waals surface area contributed by atoms with Gasteiger partial charge in [0.2, 0.25) is 17.7 Å². The Hall–Kier alpha value is -2.41. The predicted octanol–water partition coefficient (Wildman–Crippen LogP) is 2.34. The number of aromatic nitrogens is 2. The highest BCUT2D eigenvalue weighted by Gasteiger charge is 2.12. The van der Waals surface area contributed by atoms with Gasteiger partial charge in [-0.05, 0) is 30.5 Å². The van der Waals surface area contributed by atoms with Crippen LogP contribution in [-0.2, 0) is 28.8 Å². The summed E-state index contributed by atoms with van der Waals surface area (Å²) in [6.07, 6.45) is 3.05. The van der Waals surface area contributed by atoms with Crippen LogP contribution in [0.15, 0.2) is 28.7 Å². The lowest BCUT2D eigenvalue weighted by atomic mass is 10.1. The predicted molar refractivity (Wildman–Crippen MR) is 97.1 cm³/mol. The van der Waals surface area contributed by atoms with Crippen LogP contribution in [0.1, 0.15) is 37.1 Å². The van der Waals surface area contributed by atoms with Crippen molar-refractivity contribution in [3.8, 4) is 5.75 Å². The first-order chi connectivity index (χ1) is 12.6. The Labute approximate surface area is 154 Å². The van der Waals surface area contributed by atoms with E-state index in [0.29, 0.717) is 37.7 Å². The first-order valence-electron chi connectivity index (χ1n) is 8.87. The summed E-state index contributed by atoms with van der Waals surface area (Å²) in [7, 11) is 3.27. The second kappa shape index (κ2) is 10.6. The number of hydrogen-bond acceptors (Lipinski definition) is 6. The topological polar surface area (TPSA) is 86.5 Å². The second-order valence-electron chi connectivity index (χ2n) is 6.07. The van der Waals surface area contributed by atoms with Gasteiger partial charge in [-0.2, -0.15) is 0 Å². The minimum atomic E-state index is -0.0353. The van der Waals surface area contributed by atoms with Crippen LogP contribution in [0.5, 0.6) is 5.75 Å². The average Bonchev–Trinajstić information content (AvgIpc) is 3.12. The molecule has 1 heterocycles. The number of carbonyl (C=O) groups excluding carboxylic acids is 1. The van der Waals surface area contributed by atoms with Crippen LogP contribution in [0.25, 0.3) is 0 Å². The Morgan fingerprint density at radius 2 is 1.81 bits per heavy atom. The molecule has 26 heavy (non-hydrogen) atoms. The van der Waals surface area contributed by atoms with Crippen molar-refractivity contribution < 1.29 is 18.7 Å². The molecular weight excluding hydrogens is 334 g/mol. The summed E-state index contributed by atoms with van der Waals surface area (Å²) in [6, 6.07) is 7.94. The molecule has 0 fully saturated rings. The second-order valence-corrected chi connectivity index (χ2v) is 6.07. The van der Waals surface area contributed by atoms with Gasteiger partial charge in [0.1, 0.15) is 5.75 Å². The first-order valence-corrected chi connectivity index (χ1v) is 8.87. The summed E-state index contributed by atoms with van der Waals surface area (Å²) in [5, 5.41) is 11.0. The van der Waals surface area contributed by atoms with Gasteiger partial charge < -0.3 is 19.2 Å². The average molecular weight is 361 g/mol. The van der Waals surface area contributed by atoms with Crippen molar-refractivity contribution in [3.05, 3.63) is 41.6 Å². The fourth-order valence-electron chi connectivity index (χ4n) is 2.52. The van der Waals surface area contributed by atoms with Crippen LogP contribution in [0.4, 0.5) is 0 Å². The van der Waals surface area contributed by atoms with E-state index in [1.54, 1.807) is 14.2 Å². The number of hydrogen-bond donors (Lipinski definition) is 1. The number of nitrogens with zero attached hydrogens (tertiary/aromatic N) is 2. The smallest absolute Gasteiger partial charge is 0.220 e. The number of amides is 1. The molecule has 2 aromatic rings. The van der Waals surface area contributed by atoms with Gasteiger partial charge in [0.05, 0.1) is 19.8 Å². The molecule has 1 N–H and O–H groups in total. The van der Waals surface area contributed by atoms with E-state index in [0.717, 1.165) is 18.6 Å². The van der Waals surface area contributed by atoms with E-state index in [1.807, 2.05) is 31.2 Å².